The van der Waals surface area contributed by atoms with E-state index in [4.69, 9.17) is 5.11 Å². The van der Waals surface area contributed by atoms with Gasteiger partial charge in [-0.1, -0.05) is 0 Å². The van der Waals surface area contributed by atoms with Crippen molar-refractivity contribution < 1.29 is 19.1 Å². The normalized spacial score (nSPS) is 18.4. The molecule has 1 atom stereocenters. The average Bonchev–Trinajstić information content (AvgIpc) is 2.82. The van der Waals surface area contributed by atoms with Crippen LogP contribution in [0.5, 0.6) is 0 Å². The Bertz CT molecular complexity index is 519. The molecule has 19 heavy (non-hydrogen) atoms. The fourth-order valence-corrected chi connectivity index (χ4v) is 2.11. The molecule has 1 aliphatic heterocycles. The summed E-state index contributed by atoms with van der Waals surface area (Å²) < 4.78 is 12.9. The number of carbonyl (C=O) groups excluding carboxylic acids is 1. The molecule has 1 unspecified atom stereocenters. The molecule has 1 aliphatic rings. The van der Waals surface area contributed by atoms with Gasteiger partial charge in [0.05, 0.1) is 5.92 Å². The first-order valence-electron chi connectivity index (χ1n) is 6.02. The lowest BCUT2D eigenvalue weighted by Crippen LogP contribution is -2.34. The first-order chi connectivity index (χ1) is 8.97. The summed E-state index contributed by atoms with van der Waals surface area (Å²) in [6, 6.07) is 3.75. The van der Waals surface area contributed by atoms with Crippen molar-refractivity contribution in [1.82, 2.24) is 4.90 Å². The first-order valence-corrected chi connectivity index (χ1v) is 6.02. The fraction of sp³-hybridized carbons (Fsp3) is 0.385. The summed E-state index contributed by atoms with van der Waals surface area (Å²) >= 11 is 0. The zero-order chi connectivity index (χ0) is 14.0. The molecule has 1 heterocycles. The van der Waals surface area contributed by atoms with Gasteiger partial charge in [0.15, 0.2) is 0 Å². The molecule has 2 rings (SSSR count). The molecule has 1 aromatic carbocycles. The van der Waals surface area contributed by atoms with Crippen molar-refractivity contribution in [3.8, 4) is 0 Å². The highest BCUT2D eigenvalue weighted by atomic mass is 19.1. The Morgan fingerprint density at radius 2 is 2.21 bits per heavy atom. The molecule has 0 bridgehead atoms. The third kappa shape index (κ3) is 3.01. The van der Waals surface area contributed by atoms with Crippen LogP contribution < -0.4 is 5.32 Å². The van der Waals surface area contributed by atoms with Gasteiger partial charge in [-0.3, -0.25) is 4.79 Å². The van der Waals surface area contributed by atoms with Crippen molar-refractivity contribution in [2.24, 2.45) is 5.92 Å². The van der Waals surface area contributed by atoms with Gasteiger partial charge < -0.3 is 15.3 Å². The lowest BCUT2D eigenvalue weighted by Gasteiger charge is -2.17. The highest BCUT2D eigenvalue weighted by Crippen LogP contribution is 2.20. The number of nitrogens with zero attached hydrogens (tertiary/aromatic N) is 1. The molecule has 0 radical (unpaired) electrons. The molecule has 5 nitrogen and oxygen atoms in total. The quantitative estimate of drug-likeness (QED) is 0.861. The first kappa shape index (κ1) is 13.3. The van der Waals surface area contributed by atoms with Crippen LogP contribution in [0.15, 0.2) is 18.2 Å². The molecule has 0 spiro atoms. The number of aliphatic carboxylic acids is 1. The Balaban J connectivity index is 2.00. The third-order valence-corrected chi connectivity index (χ3v) is 3.25. The summed E-state index contributed by atoms with van der Waals surface area (Å²) in [4.78, 5) is 24.2. The lowest BCUT2D eigenvalue weighted by atomic mass is 10.1. The standard InChI is InChI=1S/C13H15FN2O3/c1-8-6-10(14)2-3-11(8)15-13(19)16-5-4-9(7-16)12(17)18/h2-3,6,9H,4-5,7H2,1H3,(H,15,19)(H,17,18). The van der Waals surface area contributed by atoms with Crippen LogP contribution in [0.4, 0.5) is 14.9 Å². The van der Waals surface area contributed by atoms with Gasteiger partial charge in [-0.05, 0) is 37.1 Å². The summed E-state index contributed by atoms with van der Waals surface area (Å²) in [5, 5.41) is 11.5. The minimum Gasteiger partial charge on any atom is -0.481 e. The maximum Gasteiger partial charge on any atom is 0.321 e. The molecule has 1 fully saturated rings. The van der Waals surface area contributed by atoms with E-state index < -0.39 is 11.9 Å². The number of aryl methyl sites for hydroxylation is 1. The number of urea groups is 1. The van der Waals surface area contributed by atoms with E-state index in [2.05, 4.69) is 5.32 Å². The maximum absolute atomic E-state index is 12.9. The number of carboxylic acids is 1. The number of anilines is 1. The van der Waals surface area contributed by atoms with Crippen molar-refractivity contribution in [3.05, 3.63) is 29.6 Å². The molecular weight excluding hydrogens is 251 g/mol. The molecule has 2 amide bonds. The van der Waals surface area contributed by atoms with E-state index in [1.54, 1.807) is 6.92 Å². The summed E-state index contributed by atoms with van der Waals surface area (Å²) in [6.07, 6.45) is 0.463. The second-order valence-corrected chi connectivity index (χ2v) is 4.66. The number of hydrogen-bond acceptors (Lipinski definition) is 2. The highest BCUT2D eigenvalue weighted by molar-refractivity contribution is 5.90. The number of halogens is 1. The highest BCUT2D eigenvalue weighted by Gasteiger charge is 2.30. The molecule has 0 aromatic heterocycles. The minimum atomic E-state index is -0.881. The van der Waals surface area contributed by atoms with Gasteiger partial charge in [-0.2, -0.15) is 0 Å². The van der Waals surface area contributed by atoms with Crippen molar-refractivity contribution in [2.75, 3.05) is 18.4 Å². The second-order valence-electron chi connectivity index (χ2n) is 4.66. The van der Waals surface area contributed by atoms with Crippen LogP contribution in [0.2, 0.25) is 0 Å². The van der Waals surface area contributed by atoms with E-state index in [1.807, 2.05) is 0 Å². The predicted molar refractivity (Wildman–Crippen MR) is 67.5 cm³/mol. The Morgan fingerprint density at radius 3 is 2.79 bits per heavy atom. The van der Waals surface area contributed by atoms with E-state index in [1.165, 1.54) is 23.1 Å². The number of hydrogen-bond donors (Lipinski definition) is 2. The number of amides is 2. The average molecular weight is 266 g/mol. The molecule has 0 saturated carbocycles. The lowest BCUT2D eigenvalue weighted by molar-refractivity contribution is -0.141. The van der Waals surface area contributed by atoms with Crippen molar-refractivity contribution >= 4 is 17.7 Å². The SMILES string of the molecule is Cc1cc(F)ccc1NC(=O)N1CCC(C(=O)O)C1. The number of nitrogens with one attached hydrogen (secondary N) is 1. The van der Waals surface area contributed by atoms with Crippen LogP contribution in [-0.4, -0.2) is 35.1 Å². The molecular formula is C13H15FN2O3. The van der Waals surface area contributed by atoms with Crippen LogP contribution >= 0.6 is 0 Å². The molecule has 1 saturated heterocycles. The topological polar surface area (TPSA) is 69.6 Å². The molecule has 0 aliphatic carbocycles. The summed E-state index contributed by atoms with van der Waals surface area (Å²) in [5.74, 6) is -1.74. The zero-order valence-corrected chi connectivity index (χ0v) is 10.5. The minimum absolute atomic E-state index is 0.210. The second kappa shape index (κ2) is 5.26. The monoisotopic (exact) mass is 266 g/mol. The van der Waals surface area contributed by atoms with E-state index in [-0.39, 0.29) is 18.4 Å². The Labute approximate surface area is 110 Å². The fourth-order valence-electron chi connectivity index (χ4n) is 2.11. The predicted octanol–water partition coefficient (Wildman–Crippen LogP) is 2.07. The van der Waals surface area contributed by atoms with Crippen LogP contribution in [0.25, 0.3) is 0 Å². The van der Waals surface area contributed by atoms with Gasteiger partial charge in [0.1, 0.15) is 5.82 Å². The Hall–Kier alpha value is -2.11. The van der Waals surface area contributed by atoms with Gasteiger partial charge in [0, 0.05) is 18.8 Å². The third-order valence-electron chi connectivity index (χ3n) is 3.25. The zero-order valence-electron chi connectivity index (χ0n) is 10.5. The Morgan fingerprint density at radius 1 is 1.47 bits per heavy atom. The van der Waals surface area contributed by atoms with E-state index >= 15 is 0 Å². The maximum atomic E-state index is 12.9. The number of rotatable bonds is 2. The molecule has 102 valence electrons. The van der Waals surface area contributed by atoms with Crippen LogP contribution in [0.3, 0.4) is 0 Å². The summed E-state index contributed by atoms with van der Waals surface area (Å²) in [6.45, 7) is 2.33. The summed E-state index contributed by atoms with van der Waals surface area (Å²) in [5.41, 5.74) is 1.16. The summed E-state index contributed by atoms with van der Waals surface area (Å²) in [7, 11) is 0. The molecule has 1 aromatic rings. The van der Waals surface area contributed by atoms with Crippen molar-refractivity contribution in [3.63, 3.8) is 0 Å². The van der Waals surface area contributed by atoms with Gasteiger partial charge >= 0.3 is 12.0 Å². The van der Waals surface area contributed by atoms with Crippen molar-refractivity contribution in [1.29, 1.82) is 0 Å². The van der Waals surface area contributed by atoms with E-state index in [0.29, 0.717) is 24.2 Å². The van der Waals surface area contributed by atoms with E-state index in [9.17, 15) is 14.0 Å². The molecule has 6 heteroatoms. The molecule has 2 N–H and O–H groups in total. The van der Waals surface area contributed by atoms with Crippen LogP contribution in [-0.2, 0) is 4.79 Å². The van der Waals surface area contributed by atoms with Gasteiger partial charge in [0.2, 0.25) is 0 Å². The number of benzene rings is 1. The Kier molecular flexibility index (Phi) is 3.69. The van der Waals surface area contributed by atoms with Crippen LogP contribution in [0, 0.1) is 18.7 Å². The number of carboxylic acid groups (broad SMARTS) is 1. The van der Waals surface area contributed by atoms with Crippen LogP contribution in [0.1, 0.15) is 12.0 Å². The largest absolute Gasteiger partial charge is 0.481 e. The van der Waals surface area contributed by atoms with Gasteiger partial charge in [0.25, 0.3) is 0 Å². The number of likely N-dealkylation sites (tertiary alicyclic amines) is 1. The van der Waals surface area contributed by atoms with Gasteiger partial charge in [-0.25, -0.2) is 9.18 Å². The number of carbonyl (C=O) groups is 2. The smallest absolute Gasteiger partial charge is 0.321 e. The van der Waals surface area contributed by atoms with Crippen molar-refractivity contribution in [2.45, 2.75) is 13.3 Å². The van der Waals surface area contributed by atoms with E-state index in [0.717, 1.165) is 0 Å². The van der Waals surface area contributed by atoms with Gasteiger partial charge in [-0.15, -0.1) is 0 Å².